The molecule has 0 radical (unpaired) electrons. The molecule has 90 valence electrons. The molecule has 0 aromatic carbocycles. The molecule has 0 spiro atoms. The van der Waals surface area contributed by atoms with Crippen LogP contribution in [0.1, 0.15) is 38.5 Å². The Kier molecular flexibility index (Phi) is 1.94. The Balaban J connectivity index is 1.68. The zero-order valence-electron chi connectivity index (χ0n) is 10.4. The van der Waals surface area contributed by atoms with E-state index < -0.39 is 0 Å². The number of nitrogens with one attached hydrogen (secondary N) is 2. The SMILES string of the molecule is N=C1CCCC2=C(C3=C4CCCC(=N)C4=C3)C=C12. The molecule has 2 fully saturated rings. The van der Waals surface area contributed by atoms with Gasteiger partial charge in [-0.05, 0) is 84.1 Å². The minimum Gasteiger partial charge on any atom is -0.305 e. The van der Waals surface area contributed by atoms with Crippen molar-refractivity contribution in [3.8, 4) is 0 Å². The molecule has 0 unspecified atom stereocenters. The second kappa shape index (κ2) is 3.41. The Morgan fingerprint density at radius 1 is 0.667 bits per heavy atom. The van der Waals surface area contributed by atoms with E-state index in [1.807, 2.05) is 0 Å². The molecule has 0 aromatic rings. The van der Waals surface area contributed by atoms with Gasteiger partial charge in [-0.15, -0.1) is 0 Å². The first-order chi connectivity index (χ1) is 8.75. The van der Waals surface area contributed by atoms with Gasteiger partial charge in [0.1, 0.15) is 0 Å². The van der Waals surface area contributed by atoms with Gasteiger partial charge in [0, 0.05) is 11.4 Å². The quantitative estimate of drug-likeness (QED) is 0.694. The van der Waals surface area contributed by atoms with E-state index in [1.54, 1.807) is 0 Å². The normalized spacial score (nSPS) is 26.0. The van der Waals surface area contributed by atoms with Gasteiger partial charge in [-0.3, -0.25) is 0 Å². The van der Waals surface area contributed by atoms with E-state index >= 15 is 0 Å². The third-order valence-corrected chi connectivity index (χ3v) is 4.53. The molecule has 0 aliphatic heterocycles. The van der Waals surface area contributed by atoms with E-state index in [-0.39, 0.29) is 0 Å². The Bertz CT molecular complexity index is 567. The van der Waals surface area contributed by atoms with Crippen molar-refractivity contribution in [2.24, 2.45) is 0 Å². The highest BCUT2D eigenvalue weighted by Gasteiger charge is 2.34. The molecule has 2 nitrogen and oxygen atoms in total. The first-order valence-corrected chi connectivity index (χ1v) is 6.82. The van der Waals surface area contributed by atoms with E-state index in [2.05, 4.69) is 12.2 Å². The van der Waals surface area contributed by atoms with Crippen LogP contribution < -0.4 is 0 Å². The highest BCUT2D eigenvalue weighted by molar-refractivity contribution is 6.09. The molecule has 0 bridgehead atoms. The molecule has 2 saturated carbocycles. The van der Waals surface area contributed by atoms with Crippen LogP contribution in [0.2, 0.25) is 0 Å². The lowest BCUT2D eigenvalue weighted by molar-refractivity contribution is 0.798. The lowest BCUT2D eigenvalue weighted by atomic mass is 9.68. The lowest BCUT2D eigenvalue weighted by Gasteiger charge is -2.36. The zero-order chi connectivity index (χ0) is 12.3. The Hall–Kier alpha value is -1.70. The molecule has 2 N–H and O–H groups in total. The third-order valence-electron chi connectivity index (χ3n) is 4.53. The summed E-state index contributed by atoms with van der Waals surface area (Å²) in [5.41, 5.74) is 9.65. The Labute approximate surface area is 107 Å². The topological polar surface area (TPSA) is 47.7 Å². The first kappa shape index (κ1) is 10.2. The average Bonchev–Trinajstić information content (AvgIpc) is 2.30. The van der Waals surface area contributed by atoms with Crippen molar-refractivity contribution in [3.63, 3.8) is 0 Å². The third kappa shape index (κ3) is 1.18. The van der Waals surface area contributed by atoms with Gasteiger partial charge in [-0.2, -0.15) is 0 Å². The molecule has 2 heteroatoms. The predicted octanol–water partition coefficient (Wildman–Crippen LogP) is 3.87. The maximum Gasteiger partial charge on any atom is 0.0389 e. The summed E-state index contributed by atoms with van der Waals surface area (Å²) in [4.78, 5) is 0. The van der Waals surface area contributed by atoms with E-state index in [0.29, 0.717) is 0 Å². The van der Waals surface area contributed by atoms with Crippen LogP contribution in [0.4, 0.5) is 0 Å². The number of allylic oxidation sites excluding steroid dienone is 8. The van der Waals surface area contributed by atoms with Crippen LogP contribution in [-0.2, 0) is 0 Å². The largest absolute Gasteiger partial charge is 0.305 e. The number of rotatable bonds is 1. The highest BCUT2D eigenvalue weighted by atomic mass is 14.5. The van der Waals surface area contributed by atoms with Gasteiger partial charge < -0.3 is 10.8 Å². The summed E-state index contributed by atoms with van der Waals surface area (Å²) in [6.07, 6.45) is 10.8. The summed E-state index contributed by atoms with van der Waals surface area (Å²) >= 11 is 0. The minimum absolute atomic E-state index is 0.825. The average molecular weight is 236 g/mol. The van der Waals surface area contributed by atoms with Crippen LogP contribution in [-0.4, -0.2) is 11.4 Å². The molecular formula is C16H16N2. The minimum atomic E-state index is 0.825. The maximum absolute atomic E-state index is 7.93. The molecule has 0 saturated heterocycles. The van der Waals surface area contributed by atoms with E-state index in [0.717, 1.165) is 49.9 Å². The fourth-order valence-electron chi connectivity index (χ4n) is 3.48. The van der Waals surface area contributed by atoms with Crippen molar-refractivity contribution in [3.05, 3.63) is 45.6 Å². The van der Waals surface area contributed by atoms with Gasteiger partial charge in [-0.25, -0.2) is 0 Å². The Morgan fingerprint density at radius 2 is 1.11 bits per heavy atom. The summed E-state index contributed by atoms with van der Waals surface area (Å²) in [5, 5.41) is 15.9. The Morgan fingerprint density at radius 3 is 1.56 bits per heavy atom. The van der Waals surface area contributed by atoms with Gasteiger partial charge in [0.15, 0.2) is 0 Å². The molecular weight excluding hydrogens is 220 g/mol. The van der Waals surface area contributed by atoms with E-state index in [4.69, 9.17) is 10.8 Å². The molecule has 4 aliphatic rings. The van der Waals surface area contributed by atoms with Crippen LogP contribution >= 0.6 is 0 Å². The van der Waals surface area contributed by atoms with Crippen molar-refractivity contribution < 1.29 is 0 Å². The maximum atomic E-state index is 7.93. The summed E-state index contributed by atoms with van der Waals surface area (Å²) in [7, 11) is 0. The van der Waals surface area contributed by atoms with Crippen molar-refractivity contribution in [2.75, 3.05) is 0 Å². The van der Waals surface area contributed by atoms with E-state index in [9.17, 15) is 0 Å². The van der Waals surface area contributed by atoms with Gasteiger partial charge in [0.05, 0.1) is 0 Å². The summed E-state index contributed by atoms with van der Waals surface area (Å²) in [6.45, 7) is 0. The lowest BCUT2D eigenvalue weighted by Crippen LogP contribution is -2.24. The van der Waals surface area contributed by atoms with Crippen LogP contribution in [0.5, 0.6) is 0 Å². The van der Waals surface area contributed by atoms with Crippen molar-refractivity contribution in [2.45, 2.75) is 38.5 Å². The van der Waals surface area contributed by atoms with Gasteiger partial charge in [-0.1, -0.05) is 0 Å². The molecule has 4 aliphatic carbocycles. The summed E-state index contributed by atoms with van der Waals surface area (Å²) < 4.78 is 0. The smallest absolute Gasteiger partial charge is 0.0389 e. The number of hydrogen-bond donors (Lipinski definition) is 2. The fourth-order valence-corrected chi connectivity index (χ4v) is 3.48. The molecule has 0 atom stereocenters. The van der Waals surface area contributed by atoms with Crippen molar-refractivity contribution in [1.82, 2.24) is 0 Å². The van der Waals surface area contributed by atoms with Crippen LogP contribution in [0.3, 0.4) is 0 Å². The van der Waals surface area contributed by atoms with Crippen molar-refractivity contribution >= 4 is 11.4 Å². The predicted molar refractivity (Wildman–Crippen MR) is 73.4 cm³/mol. The second-order valence-corrected chi connectivity index (χ2v) is 5.56. The van der Waals surface area contributed by atoms with Crippen LogP contribution in [0.15, 0.2) is 45.6 Å². The standard InChI is InChI=1S/C16H16N2/c17-15-5-1-3-9-11(7-13(9)15)12-8-14-10(12)4-2-6-16(14)18/h7-8,17-18H,1-6H2. The molecule has 18 heavy (non-hydrogen) atoms. The monoisotopic (exact) mass is 236 g/mol. The second-order valence-electron chi connectivity index (χ2n) is 5.56. The number of hydrogen-bond acceptors (Lipinski definition) is 2. The van der Waals surface area contributed by atoms with Gasteiger partial charge in [0.25, 0.3) is 0 Å². The van der Waals surface area contributed by atoms with Crippen molar-refractivity contribution in [1.29, 1.82) is 10.8 Å². The number of fused-ring (bicyclic) bond motifs is 2. The molecule has 0 aromatic heterocycles. The molecule has 4 rings (SSSR count). The summed E-state index contributed by atoms with van der Waals surface area (Å²) in [6, 6.07) is 0. The van der Waals surface area contributed by atoms with E-state index in [1.165, 1.54) is 33.4 Å². The first-order valence-electron chi connectivity index (χ1n) is 6.82. The van der Waals surface area contributed by atoms with Crippen LogP contribution in [0, 0.1) is 10.8 Å². The fraction of sp³-hybridized carbons (Fsp3) is 0.375. The summed E-state index contributed by atoms with van der Waals surface area (Å²) in [5.74, 6) is 0. The van der Waals surface area contributed by atoms with Crippen LogP contribution in [0.25, 0.3) is 0 Å². The molecule has 0 heterocycles. The highest BCUT2D eigenvalue weighted by Crippen LogP contribution is 2.47. The molecule has 0 amide bonds. The zero-order valence-corrected chi connectivity index (χ0v) is 10.4. The van der Waals surface area contributed by atoms with Gasteiger partial charge >= 0.3 is 0 Å². The van der Waals surface area contributed by atoms with Gasteiger partial charge in [0.2, 0.25) is 0 Å².